The zero-order valence-corrected chi connectivity index (χ0v) is 39.3. The van der Waals surface area contributed by atoms with Crippen molar-refractivity contribution in [2.75, 3.05) is 0 Å². The molecule has 0 heterocycles. The summed E-state index contributed by atoms with van der Waals surface area (Å²) in [6, 6.07) is 31.7. The Morgan fingerprint density at radius 1 is 0.519 bits per heavy atom. The largest absolute Gasteiger partial charge is 0.214 e. The van der Waals surface area contributed by atoms with Crippen LogP contribution in [0, 0.1) is 67.2 Å². The van der Waals surface area contributed by atoms with Gasteiger partial charge in [-0.05, 0) is 108 Å². The number of hydrogen-bond acceptors (Lipinski definition) is 0. The summed E-state index contributed by atoms with van der Waals surface area (Å²) in [5, 5.41) is 5.41. The number of aryl methyl sites for hydroxylation is 6. The van der Waals surface area contributed by atoms with E-state index >= 15 is 0 Å². The predicted octanol–water partition coefficient (Wildman–Crippen LogP) is 15.8. The molecule has 0 spiro atoms. The van der Waals surface area contributed by atoms with E-state index in [9.17, 15) is 0 Å². The van der Waals surface area contributed by atoms with E-state index in [-0.39, 0.29) is 10.8 Å². The third-order valence-corrected chi connectivity index (χ3v) is 9.04. The molecular weight excluding hydrogens is 728 g/mol. The zero-order chi connectivity index (χ0) is 41.3. The minimum atomic E-state index is 0.0276. The fourth-order valence-corrected chi connectivity index (χ4v) is 7.29. The van der Waals surface area contributed by atoms with E-state index < -0.39 is 0 Å². The molecule has 290 valence electrons. The monoisotopic (exact) mass is 796 g/mol. The molecule has 0 aliphatic heterocycles. The van der Waals surface area contributed by atoms with E-state index in [1.54, 1.807) is 0 Å². The molecule has 0 amide bonds. The number of rotatable bonds is 2. The van der Waals surface area contributed by atoms with E-state index in [0.717, 1.165) is 0 Å². The summed E-state index contributed by atoms with van der Waals surface area (Å²) in [6.07, 6.45) is 0. The first-order valence-electron chi connectivity index (χ1n) is 19.6. The predicted molar refractivity (Wildman–Crippen MR) is 243 cm³/mol. The molecule has 0 bridgehead atoms. The molecular formula is C53H70Zr-4. The summed E-state index contributed by atoms with van der Waals surface area (Å²) < 4.78 is 3.34. The quantitative estimate of drug-likeness (QED) is 0.153. The van der Waals surface area contributed by atoms with Crippen LogP contribution < -0.4 is 0 Å². The molecule has 0 radical (unpaired) electrons. The van der Waals surface area contributed by atoms with Gasteiger partial charge in [-0.15, -0.1) is 39.7 Å². The molecule has 0 atom stereocenters. The van der Waals surface area contributed by atoms with Crippen molar-refractivity contribution in [1.82, 2.24) is 0 Å². The average molecular weight is 798 g/mol. The van der Waals surface area contributed by atoms with Crippen LogP contribution in [-0.4, -0.2) is 4.21 Å². The fourth-order valence-electron chi connectivity index (χ4n) is 7.29. The molecule has 0 fully saturated rings. The summed E-state index contributed by atoms with van der Waals surface area (Å²) in [6.45, 7) is 43.1. The van der Waals surface area contributed by atoms with Gasteiger partial charge < -0.3 is 13.8 Å². The van der Waals surface area contributed by atoms with Crippen LogP contribution in [0.4, 0.5) is 0 Å². The SMILES string of the molecule is Cc1cc(C)c(-c2cc3[cH-]c4cc(-c5c(C)cc(C)cc5C)c(C(C)(C)C)cc4c3cc2C(C)(C)C)c(C)c1.[CH2-]C(C)C.[CH2-]C(C)C.[CH2]=[Zr].c1cc[cH-]c1. The Hall–Kier alpha value is -3.15. The van der Waals surface area contributed by atoms with E-state index in [1.165, 1.54) is 113 Å². The molecule has 0 aromatic heterocycles. The molecule has 54 heavy (non-hydrogen) atoms. The normalized spacial score (nSPS) is 11.2. The molecule has 1 heteroatoms. The fraction of sp³-hybridized carbons (Fsp3) is 0.377. The van der Waals surface area contributed by atoms with Crippen LogP contribution in [0.1, 0.15) is 114 Å². The maximum Gasteiger partial charge on any atom is -0.172 e. The first-order chi connectivity index (χ1) is 25.0. The maximum atomic E-state index is 3.64. The number of hydrogen-bond donors (Lipinski definition) is 0. The average Bonchev–Trinajstić information content (AvgIpc) is 3.71. The second-order valence-electron chi connectivity index (χ2n) is 17.9. The third-order valence-electron chi connectivity index (χ3n) is 9.04. The summed E-state index contributed by atoms with van der Waals surface area (Å²) in [4.78, 5) is 0. The van der Waals surface area contributed by atoms with Gasteiger partial charge in [0.1, 0.15) is 0 Å². The Morgan fingerprint density at radius 2 is 0.796 bits per heavy atom. The standard InChI is InChI=1S/C39H45.C5H5.2C4H9.CH2.Zr/c1-22-13-24(3)36(25(4)14-22)32-18-28-17-29-19-33(37-26(5)15-23(2)16-27(37)6)35(39(10,11)12)21-31(29)30(28)20-34(32)38(7,8)9;1-2-4-5-3-1;2*1-4(2)3;;/h13-21H,1-12H3;1-5H;2*4H,1H2,2-3H3;1H2;/q4*-1;;. The maximum absolute atomic E-state index is 3.64. The second-order valence-corrected chi connectivity index (χ2v) is 17.9. The summed E-state index contributed by atoms with van der Waals surface area (Å²) in [7, 11) is 0. The molecule has 0 saturated carbocycles. The number of benzene rings is 4. The molecule has 0 saturated heterocycles. The van der Waals surface area contributed by atoms with Crippen molar-refractivity contribution in [1.29, 1.82) is 0 Å². The minimum Gasteiger partial charge on any atom is -0.214 e. The van der Waals surface area contributed by atoms with Gasteiger partial charge in [0.2, 0.25) is 0 Å². The Morgan fingerprint density at radius 3 is 1.02 bits per heavy atom. The van der Waals surface area contributed by atoms with E-state index in [2.05, 4.69) is 183 Å². The molecule has 0 aliphatic rings. The van der Waals surface area contributed by atoms with Crippen LogP contribution in [0.25, 0.3) is 43.8 Å². The van der Waals surface area contributed by atoms with Crippen LogP contribution in [0.2, 0.25) is 0 Å². The van der Waals surface area contributed by atoms with Crippen LogP contribution in [0.5, 0.6) is 0 Å². The Bertz CT molecular complexity index is 1870. The molecule has 6 rings (SSSR count). The first-order valence-corrected chi connectivity index (χ1v) is 21.3. The topological polar surface area (TPSA) is 0 Å². The second kappa shape index (κ2) is 20.1. The smallest absolute Gasteiger partial charge is 0.172 e. The van der Waals surface area contributed by atoms with Crippen LogP contribution >= 0.6 is 0 Å². The van der Waals surface area contributed by atoms with Gasteiger partial charge in [0.05, 0.1) is 0 Å². The van der Waals surface area contributed by atoms with Crippen molar-refractivity contribution < 1.29 is 24.2 Å². The Balaban J connectivity index is 0.000000570. The van der Waals surface area contributed by atoms with E-state index in [0.29, 0.717) is 11.8 Å². The summed E-state index contributed by atoms with van der Waals surface area (Å²) >= 11 is 1.30. The van der Waals surface area contributed by atoms with Crippen LogP contribution in [0.15, 0.2) is 84.9 Å². The first kappa shape index (κ1) is 47.0. The van der Waals surface area contributed by atoms with Crippen molar-refractivity contribution in [3.63, 3.8) is 0 Å². The van der Waals surface area contributed by atoms with Crippen LogP contribution in [-0.2, 0) is 35.1 Å². The van der Waals surface area contributed by atoms with Crippen LogP contribution in [0.3, 0.4) is 0 Å². The molecule has 6 aromatic rings. The van der Waals surface area contributed by atoms with Crippen molar-refractivity contribution in [2.24, 2.45) is 11.8 Å². The van der Waals surface area contributed by atoms with Crippen molar-refractivity contribution in [3.8, 4) is 22.3 Å². The van der Waals surface area contributed by atoms with Gasteiger partial charge in [-0.2, -0.15) is 30.0 Å². The molecule has 0 nitrogen and oxygen atoms in total. The van der Waals surface area contributed by atoms with E-state index in [1.807, 2.05) is 30.3 Å². The van der Waals surface area contributed by atoms with E-state index in [4.69, 9.17) is 0 Å². The third kappa shape index (κ3) is 12.7. The molecule has 6 aromatic carbocycles. The van der Waals surface area contributed by atoms with Gasteiger partial charge in [-0.3, -0.25) is 0 Å². The van der Waals surface area contributed by atoms with Crippen molar-refractivity contribution in [2.45, 2.75) is 122 Å². The van der Waals surface area contributed by atoms with Gasteiger partial charge in [0.25, 0.3) is 0 Å². The van der Waals surface area contributed by atoms with Gasteiger partial charge in [0, 0.05) is 0 Å². The Kier molecular flexibility index (Phi) is 17.5. The van der Waals surface area contributed by atoms with Crippen molar-refractivity contribution >= 4 is 25.8 Å². The van der Waals surface area contributed by atoms with Gasteiger partial charge >= 0.3 is 28.4 Å². The molecule has 0 N–H and O–H groups in total. The molecule has 0 aliphatic carbocycles. The van der Waals surface area contributed by atoms with Crippen molar-refractivity contribution in [3.05, 3.63) is 143 Å². The Labute approximate surface area is 346 Å². The summed E-state index contributed by atoms with van der Waals surface area (Å²) in [5.41, 5.74) is 16.5. The summed E-state index contributed by atoms with van der Waals surface area (Å²) in [5.74, 6) is 1.17. The molecule has 0 unspecified atom stereocenters. The van der Waals surface area contributed by atoms with Gasteiger partial charge in [-0.25, -0.2) is 12.1 Å². The van der Waals surface area contributed by atoms with Gasteiger partial charge in [0.15, 0.2) is 0 Å². The van der Waals surface area contributed by atoms with Gasteiger partial charge in [-0.1, -0.05) is 117 Å². The number of fused-ring (bicyclic) bond motifs is 3. The zero-order valence-electron chi connectivity index (χ0n) is 36.9. The minimum absolute atomic E-state index is 0.0276.